The molecule has 1 atom stereocenters. The summed E-state index contributed by atoms with van der Waals surface area (Å²) >= 11 is 3.38. The highest BCUT2D eigenvalue weighted by Crippen LogP contribution is 2.29. The van der Waals surface area contributed by atoms with E-state index in [4.69, 9.17) is 5.73 Å². The maximum absolute atomic E-state index is 13.7. The van der Waals surface area contributed by atoms with Gasteiger partial charge in [0.1, 0.15) is 0 Å². The number of aryl methyl sites for hydroxylation is 1. The molecule has 2 N–H and O–H groups in total. The second kappa shape index (κ2) is 5.16. The van der Waals surface area contributed by atoms with Crippen molar-refractivity contribution in [1.82, 2.24) is 0 Å². The van der Waals surface area contributed by atoms with E-state index in [9.17, 15) is 8.78 Å². The van der Waals surface area contributed by atoms with Crippen molar-refractivity contribution in [2.75, 3.05) is 0 Å². The maximum atomic E-state index is 13.7. The van der Waals surface area contributed by atoms with Crippen LogP contribution in [0.5, 0.6) is 0 Å². The first-order valence-electron chi connectivity index (χ1n) is 5.46. The van der Waals surface area contributed by atoms with Crippen LogP contribution in [0.3, 0.4) is 0 Å². The largest absolute Gasteiger partial charge is 0.320 e. The summed E-state index contributed by atoms with van der Waals surface area (Å²) in [5, 5.41) is 0. The maximum Gasteiger partial charge on any atom is 0.163 e. The van der Waals surface area contributed by atoms with Crippen molar-refractivity contribution in [3.8, 4) is 0 Å². The zero-order chi connectivity index (χ0) is 13.3. The number of hydrogen-bond acceptors (Lipinski definition) is 1. The molecule has 0 heterocycles. The first-order chi connectivity index (χ1) is 8.50. The molecule has 4 heteroatoms. The van der Waals surface area contributed by atoms with E-state index in [1.807, 2.05) is 25.1 Å². The molecule has 2 aromatic carbocycles. The molecule has 0 saturated heterocycles. The molecule has 0 radical (unpaired) electrons. The van der Waals surface area contributed by atoms with E-state index in [-0.39, 0.29) is 5.56 Å². The quantitative estimate of drug-likeness (QED) is 0.888. The van der Waals surface area contributed by atoms with Crippen LogP contribution in [0, 0.1) is 18.6 Å². The predicted octanol–water partition coefficient (Wildman–Crippen LogP) is 4.08. The third-order valence-electron chi connectivity index (χ3n) is 2.80. The van der Waals surface area contributed by atoms with Crippen LogP contribution in [-0.2, 0) is 0 Å². The third-order valence-corrected chi connectivity index (χ3v) is 3.53. The van der Waals surface area contributed by atoms with Crippen LogP contribution in [0.1, 0.15) is 22.7 Å². The van der Waals surface area contributed by atoms with Gasteiger partial charge in [-0.15, -0.1) is 0 Å². The molecule has 0 amide bonds. The van der Waals surface area contributed by atoms with Crippen molar-refractivity contribution in [2.24, 2.45) is 5.73 Å². The van der Waals surface area contributed by atoms with Gasteiger partial charge in [0.25, 0.3) is 0 Å². The third kappa shape index (κ3) is 2.44. The Morgan fingerprint density at radius 3 is 2.56 bits per heavy atom. The Morgan fingerprint density at radius 2 is 1.83 bits per heavy atom. The van der Waals surface area contributed by atoms with Crippen LogP contribution in [-0.4, -0.2) is 0 Å². The summed E-state index contributed by atoms with van der Waals surface area (Å²) in [6, 6.07) is 8.96. The van der Waals surface area contributed by atoms with E-state index >= 15 is 0 Å². The molecule has 0 aliphatic carbocycles. The van der Waals surface area contributed by atoms with E-state index in [1.54, 1.807) is 0 Å². The highest BCUT2D eigenvalue weighted by molar-refractivity contribution is 9.10. The molecule has 0 spiro atoms. The van der Waals surface area contributed by atoms with Crippen molar-refractivity contribution < 1.29 is 8.78 Å². The Kier molecular flexibility index (Phi) is 3.78. The van der Waals surface area contributed by atoms with E-state index in [2.05, 4.69) is 15.9 Å². The highest BCUT2D eigenvalue weighted by atomic mass is 79.9. The van der Waals surface area contributed by atoms with Gasteiger partial charge in [-0.2, -0.15) is 0 Å². The van der Waals surface area contributed by atoms with Crippen LogP contribution >= 0.6 is 15.9 Å². The van der Waals surface area contributed by atoms with Crippen molar-refractivity contribution in [3.05, 3.63) is 69.2 Å². The van der Waals surface area contributed by atoms with Gasteiger partial charge in [0.15, 0.2) is 11.6 Å². The average Bonchev–Trinajstić information content (AvgIpc) is 2.35. The predicted molar refractivity (Wildman–Crippen MR) is 71.3 cm³/mol. The summed E-state index contributed by atoms with van der Waals surface area (Å²) < 4.78 is 27.7. The van der Waals surface area contributed by atoms with E-state index < -0.39 is 17.7 Å². The zero-order valence-electron chi connectivity index (χ0n) is 9.75. The molecule has 1 nitrogen and oxygen atoms in total. The molecule has 0 aliphatic rings. The monoisotopic (exact) mass is 311 g/mol. The van der Waals surface area contributed by atoms with Crippen LogP contribution in [0.2, 0.25) is 0 Å². The standard InChI is InChI=1S/C14H12BrF2N/c1-8-5-6-11(15)10(7-8)14(18)9-3-2-4-12(16)13(9)17/h2-7,14H,18H2,1H3. The number of halogens is 3. The van der Waals surface area contributed by atoms with E-state index in [0.717, 1.165) is 21.7 Å². The zero-order valence-corrected chi connectivity index (χ0v) is 11.3. The lowest BCUT2D eigenvalue weighted by atomic mass is 9.97. The molecule has 2 aromatic rings. The van der Waals surface area contributed by atoms with Crippen molar-refractivity contribution in [3.63, 3.8) is 0 Å². The van der Waals surface area contributed by atoms with Gasteiger partial charge in [0.05, 0.1) is 6.04 Å². The van der Waals surface area contributed by atoms with Crippen molar-refractivity contribution in [2.45, 2.75) is 13.0 Å². The highest BCUT2D eigenvalue weighted by Gasteiger charge is 2.18. The Labute approximate surface area is 113 Å². The first-order valence-corrected chi connectivity index (χ1v) is 6.25. The number of rotatable bonds is 2. The molecule has 2 rings (SSSR count). The molecule has 0 aliphatic heterocycles. The Bertz CT molecular complexity index is 582. The van der Waals surface area contributed by atoms with Crippen LogP contribution < -0.4 is 5.73 Å². The average molecular weight is 312 g/mol. The lowest BCUT2D eigenvalue weighted by Gasteiger charge is -2.16. The van der Waals surface area contributed by atoms with Gasteiger partial charge in [-0.1, -0.05) is 45.8 Å². The summed E-state index contributed by atoms with van der Waals surface area (Å²) in [5.74, 6) is -1.77. The fraction of sp³-hybridized carbons (Fsp3) is 0.143. The minimum atomic E-state index is -0.890. The molecule has 94 valence electrons. The molecule has 0 aromatic heterocycles. The first kappa shape index (κ1) is 13.2. The normalized spacial score (nSPS) is 12.5. The van der Waals surface area contributed by atoms with E-state index in [1.165, 1.54) is 12.1 Å². The molecular formula is C14H12BrF2N. The SMILES string of the molecule is Cc1ccc(Br)c(C(N)c2cccc(F)c2F)c1. The van der Waals surface area contributed by atoms with Gasteiger partial charge >= 0.3 is 0 Å². The van der Waals surface area contributed by atoms with Gasteiger partial charge in [0, 0.05) is 10.0 Å². The lowest BCUT2D eigenvalue weighted by Crippen LogP contribution is -2.15. The van der Waals surface area contributed by atoms with Gasteiger partial charge in [0.2, 0.25) is 0 Å². The molecule has 0 fully saturated rings. The fourth-order valence-electron chi connectivity index (χ4n) is 1.83. The van der Waals surface area contributed by atoms with E-state index in [0.29, 0.717) is 0 Å². The minimum Gasteiger partial charge on any atom is -0.320 e. The minimum absolute atomic E-state index is 0.154. The smallest absolute Gasteiger partial charge is 0.163 e. The Hall–Kier alpha value is -1.26. The summed E-state index contributed by atoms with van der Waals surface area (Å²) in [7, 11) is 0. The summed E-state index contributed by atoms with van der Waals surface area (Å²) in [4.78, 5) is 0. The van der Waals surface area contributed by atoms with Gasteiger partial charge < -0.3 is 5.73 Å². The van der Waals surface area contributed by atoms with Crippen LogP contribution in [0.4, 0.5) is 8.78 Å². The Balaban J connectivity index is 2.51. The molecule has 0 bridgehead atoms. The van der Waals surface area contributed by atoms with Gasteiger partial charge in [-0.25, -0.2) is 8.78 Å². The summed E-state index contributed by atoms with van der Waals surface area (Å²) in [6.45, 7) is 1.92. The molecule has 1 unspecified atom stereocenters. The summed E-state index contributed by atoms with van der Waals surface area (Å²) in [6.07, 6.45) is 0. The van der Waals surface area contributed by atoms with Gasteiger partial charge in [-0.05, 0) is 24.6 Å². The topological polar surface area (TPSA) is 26.0 Å². The number of nitrogens with two attached hydrogens (primary N) is 1. The molecule has 18 heavy (non-hydrogen) atoms. The lowest BCUT2D eigenvalue weighted by molar-refractivity contribution is 0.494. The summed E-state index contributed by atoms with van der Waals surface area (Å²) in [5.41, 5.74) is 7.92. The fourth-order valence-corrected chi connectivity index (χ4v) is 2.32. The van der Waals surface area contributed by atoms with Crippen molar-refractivity contribution >= 4 is 15.9 Å². The molecular weight excluding hydrogens is 300 g/mol. The van der Waals surface area contributed by atoms with Gasteiger partial charge in [-0.3, -0.25) is 0 Å². The molecule has 0 saturated carbocycles. The number of benzene rings is 2. The second-order valence-electron chi connectivity index (χ2n) is 4.15. The van der Waals surface area contributed by atoms with Crippen LogP contribution in [0.25, 0.3) is 0 Å². The Morgan fingerprint density at radius 1 is 1.11 bits per heavy atom. The number of hydrogen-bond donors (Lipinski definition) is 1. The second-order valence-corrected chi connectivity index (χ2v) is 5.00. The van der Waals surface area contributed by atoms with Crippen molar-refractivity contribution in [1.29, 1.82) is 0 Å². The van der Waals surface area contributed by atoms with Crippen LogP contribution in [0.15, 0.2) is 40.9 Å².